The zero-order valence-electron chi connectivity index (χ0n) is 15.4. The first-order chi connectivity index (χ1) is 9.95. The molecule has 126 valence electrons. The highest BCUT2D eigenvalue weighted by atomic mass is 16.3. The Bertz CT molecular complexity index is 460. The summed E-state index contributed by atoms with van der Waals surface area (Å²) in [5.41, 5.74) is -0.397. The predicted molar refractivity (Wildman–Crippen MR) is 94.9 cm³/mol. The van der Waals surface area contributed by atoms with Crippen molar-refractivity contribution in [3.8, 4) is 0 Å². The minimum Gasteiger partial charge on any atom is -0.389 e. The molecule has 0 spiro atoms. The van der Waals surface area contributed by atoms with Gasteiger partial charge < -0.3 is 5.11 Å². The molecular weight excluding hydrogens is 270 g/mol. The minimum absolute atomic E-state index is 0.0289. The molecule has 2 heteroatoms. The third-order valence-corrected chi connectivity index (χ3v) is 6.24. The number of rotatable bonds is 3. The van der Waals surface area contributed by atoms with Crippen molar-refractivity contribution < 1.29 is 5.11 Å². The van der Waals surface area contributed by atoms with E-state index in [1.54, 1.807) is 0 Å². The summed E-state index contributed by atoms with van der Waals surface area (Å²) in [5.74, 6) is 0.160. The molecule has 2 aliphatic heterocycles. The summed E-state index contributed by atoms with van der Waals surface area (Å²) < 4.78 is 0. The normalized spacial score (nSPS) is 39.7. The van der Waals surface area contributed by atoms with Crippen LogP contribution in [0.2, 0.25) is 0 Å². The van der Waals surface area contributed by atoms with Gasteiger partial charge in [-0.05, 0) is 53.4 Å². The van der Waals surface area contributed by atoms with Crippen molar-refractivity contribution in [3.63, 3.8) is 0 Å². The van der Waals surface area contributed by atoms with Crippen molar-refractivity contribution in [2.75, 3.05) is 6.54 Å². The lowest BCUT2D eigenvalue weighted by Crippen LogP contribution is -2.70. The van der Waals surface area contributed by atoms with Crippen LogP contribution in [-0.4, -0.2) is 33.2 Å². The number of nitrogens with zero attached hydrogens (tertiary/aromatic N) is 1. The van der Waals surface area contributed by atoms with E-state index in [0.29, 0.717) is 0 Å². The fourth-order valence-electron chi connectivity index (χ4n) is 4.71. The van der Waals surface area contributed by atoms with Crippen LogP contribution in [0.15, 0.2) is 24.8 Å². The van der Waals surface area contributed by atoms with Crippen LogP contribution in [0.1, 0.15) is 67.2 Å². The molecule has 2 rings (SSSR count). The van der Waals surface area contributed by atoms with E-state index in [1.807, 2.05) is 13.0 Å². The summed E-state index contributed by atoms with van der Waals surface area (Å²) in [6.07, 6.45) is 11.0. The first-order valence-electron chi connectivity index (χ1n) is 8.78. The van der Waals surface area contributed by atoms with Gasteiger partial charge in [0.15, 0.2) is 0 Å². The van der Waals surface area contributed by atoms with Gasteiger partial charge in [-0.2, -0.15) is 0 Å². The lowest BCUT2D eigenvalue weighted by atomic mass is 9.62. The van der Waals surface area contributed by atoms with Gasteiger partial charge in [0.05, 0.1) is 5.60 Å². The number of aliphatic hydroxyl groups is 1. The number of hydrogen-bond donors (Lipinski definition) is 1. The monoisotopic (exact) mass is 305 g/mol. The van der Waals surface area contributed by atoms with Crippen molar-refractivity contribution in [3.05, 3.63) is 24.8 Å². The average Bonchev–Trinajstić information content (AvgIpc) is 2.35. The van der Waals surface area contributed by atoms with E-state index in [0.717, 1.165) is 19.4 Å². The van der Waals surface area contributed by atoms with Gasteiger partial charge in [-0.25, -0.2) is 0 Å². The van der Waals surface area contributed by atoms with Gasteiger partial charge in [0.2, 0.25) is 0 Å². The Labute approximate surface area is 137 Å². The van der Waals surface area contributed by atoms with Crippen LogP contribution in [0, 0.1) is 11.3 Å². The van der Waals surface area contributed by atoms with E-state index in [2.05, 4.69) is 58.2 Å². The molecule has 2 fully saturated rings. The van der Waals surface area contributed by atoms with E-state index in [-0.39, 0.29) is 22.4 Å². The quantitative estimate of drug-likeness (QED) is 0.773. The van der Waals surface area contributed by atoms with Crippen LogP contribution >= 0.6 is 0 Å². The molecule has 0 aromatic heterocycles. The molecule has 0 aliphatic carbocycles. The Morgan fingerprint density at radius 1 is 1.14 bits per heavy atom. The molecule has 22 heavy (non-hydrogen) atoms. The predicted octanol–water partition coefficient (Wildman–Crippen LogP) is 4.55. The maximum atomic E-state index is 11.1. The lowest BCUT2D eigenvalue weighted by Gasteiger charge is -2.63. The van der Waals surface area contributed by atoms with E-state index in [9.17, 15) is 5.11 Å². The molecule has 0 saturated carbocycles. The van der Waals surface area contributed by atoms with Gasteiger partial charge in [-0.1, -0.05) is 32.1 Å². The Hall–Kier alpha value is -0.600. The summed E-state index contributed by atoms with van der Waals surface area (Å²) in [7, 11) is 0. The fraction of sp³-hybridized carbons (Fsp3) is 0.800. The van der Waals surface area contributed by atoms with Crippen LogP contribution in [-0.2, 0) is 0 Å². The molecule has 2 nitrogen and oxygen atoms in total. The highest BCUT2D eigenvalue weighted by molar-refractivity contribution is 5.18. The molecule has 0 amide bonds. The third-order valence-electron chi connectivity index (χ3n) is 6.24. The molecule has 0 radical (unpaired) electrons. The largest absolute Gasteiger partial charge is 0.389 e. The smallest absolute Gasteiger partial charge is 0.0711 e. The van der Waals surface area contributed by atoms with Gasteiger partial charge in [0.25, 0.3) is 0 Å². The Morgan fingerprint density at radius 3 is 2.36 bits per heavy atom. The Balaban J connectivity index is 2.40. The Kier molecular flexibility index (Phi) is 4.43. The van der Waals surface area contributed by atoms with Crippen LogP contribution in [0.25, 0.3) is 0 Å². The van der Waals surface area contributed by atoms with Crippen molar-refractivity contribution in [1.29, 1.82) is 0 Å². The van der Waals surface area contributed by atoms with E-state index in [4.69, 9.17) is 0 Å². The molecule has 0 aromatic carbocycles. The van der Waals surface area contributed by atoms with Crippen LogP contribution in [0.3, 0.4) is 0 Å². The number of fused-ring (bicyclic) bond motifs is 1. The minimum atomic E-state index is -0.633. The molecule has 0 bridgehead atoms. The van der Waals surface area contributed by atoms with Crippen LogP contribution in [0.4, 0.5) is 0 Å². The first kappa shape index (κ1) is 17.7. The second-order valence-corrected chi connectivity index (χ2v) is 9.14. The molecule has 2 heterocycles. The molecule has 1 unspecified atom stereocenters. The van der Waals surface area contributed by atoms with Gasteiger partial charge >= 0.3 is 0 Å². The van der Waals surface area contributed by atoms with Gasteiger partial charge in [0, 0.05) is 29.0 Å². The second-order valence-electron chi connectivity index (χ2n) is 9.14. The summed E-state index contributed by atoms with van der Waals surface area (Å²) in [5, 5.41) is 11.1. The molecule has 2 saturated heterocycles. The molecular formula is C20H35NO. The highest BCUT2D eigenvalue weighted by Crippen LogP contribution is 2.50. The van der Waals surface area contributed by atoms with Crippen molar-refractivity contribution in [2.24, 2.45) is 11.3 Å². The number of allylic oxidation sites excluding steroid dienone is 2. The van der Waals surface area contributed by atoms with Gasteiger partial charge in [0.1, 0.15) is 0 Å². The molecule has 2 aliphatic rings. The summed E-state index contributed by atoms with van der Waals surface area (Å²) >= 11 is 0. The maximum absolute atomic E-state index is 11.1. The van der Waals surface area contributed by atoms with E-state index >= 15 is 0 Å². The van der Waals surface area contributed by atoms with Crippen LogP contribution in [0.5, 0.6) is 0 Å². The maximum Gasteiger partial charge on any atom is 0.0711 e. The van der Waals surface area contributed by atoms with Crippen LogP contribution < -0.4 is 0 Å². The standard InChI is InChI=1S/C20H35NO/c1-8-17(2,3)13-10-16-19(6)12-9-11-18(4,5)21(19)15-14-20(16,7)22/h8,10,13,16,22H,1,9,11-12,14-15H2,2-7H3/b13-10+/t16-,19?,20-/m1/s1. The zero-order chi connectivity index (χ0) is 16.8. The van der Waals surface area contributed by atoms with Gasteiger partial charge in [-0.3, -0.25) is 4.90 Å². The third kappa shape index (κ3) is 3.05. The van der Waals surface area contributed by atoms with Crippen molar-refractivity contribution >= 4 is 0 Å². The first-order valence-corrected chi connectivity index (χ1v) is 8.78. The van der Waals surface area contributed by atoms with Crippen molar-refractivity contribution in [2.45, 2.75) is 83.9 Å². The summed E-state index contributed by atoms with van der Waals surface area (Å²) in [6.45, 7) is 18.4. The van der Waals surface area contributed by atoms with Gasteiger partial charge in [-0.15, -0.1) is 6.58 Å². The Morgan fingerprint density at radius 2 is 1.77 bits per heavy atom. The second kappa shape index (κ2) is 5.49. The fourth-order valence-corrected chi connectivity index (χ4v) is 4.71. The lowest BCUT2D eigenvalue weighted by molar-refractivity contribution is -0.159. The topological polar surface area (TPSA) is 23.5 Å². The highest BCUT2D eigenvalue weighted by Gasteiger charge is 2.55. The average molecular weight is 306 g/mol. The summed E-state index contributed by atoms with van der Waals surface area (Å²) in [6, 6.07) is 0. The molecule has 0 aromatic rings. The molecule has 3 atom stereocenters. The summed E-state index contributed by atoms with van der Waals surface area (Å²) in [4.78, 5) is 2.66. The molecule has 1 N–H and O–H groups in total. The number of hydrogen-bond acceptors (Lipinski definition) is 2. The van der Waals surface area contributed by atoms with Crippen molar-refractivity contribution in [1.82, 2.24) is 4.90 Å². The van der Waals surface area contributed by atoms with E-state index < -0.39 is 5.60 Å². The SMILES string of the molecule is C=CC(C)(C)/C=C/[C@@H]1C2(C)CCCC(C)(C)N2CC[C@@]1(C)O. The number of piperidine rings is 2. The zero-order valence-corrected chi connectivity index (χ0v) is 15.4. The van der Waals surface area contributed by atoms with E-state index in [1.165, 1.54) is 12.8 Å².